The van der Waals surface area contributed by atoms with Crippen molar-refractivity contribution in [3.63, 3.8) is 0 Å². The predicted molar refractivity (Wildman–Crippen MR) is 117 cm³/mol. The minimum absolute atomic E-state index is 0.106. The molecule has 1 saturated heterocycles. The number of benzene rings is 1. The van der Waals surface area contributed by atoms with E-state index in [2.05, 4.69) is 0 Å². The number of fused-ring (bicyclic) bond motifs is 1. The van der Waals surface area contributed by atoms with Gasteiger partial charge in [0.15, 0.2) is 17.3 Å². The maximum Gasteiger partial charge on any atom is 0.410 e. The number of hydrogen-bond donors (Lipinski definition) is 0. The van der Waals surface area contributed by atoms with E-state index in [1.165, 1.54) is 21.3 Å². The number of hydrogen-bond acceptors (Lipinski definition) is 7. The molecule has 8 heteroatoms. The molecule has 1 amide bonds. The fourth-order valence-corrected chi connectivity index (χ4v) is 4.69. The van der Waals surface area contributed by atoms with E-state index in [1.807, 2.05) is 20.8 Å². The monoisotopic (exact) mass is 447 g/mol. The SMILES string of the molecule is COC(=O)[C@]1(CC2CCN(C(=O)OC(C)(C)C)CC2)Cc2cc(OC)c(OC)cc2C1=O. The second-order valence-electron chi connectivity index (χ2n) is 9.56. The quantitative estimate of drug-likeness (QED) is 0.503. The fourth-order valence-electron chi connectivity index (χ4n) is 4.69. The third kappa shape index (κ3) is 4.54. The molecule has 1 aromatic carbocycles. The molecule has 8 nitrogen and oxygen atoms in total. The van der Waals surface area contributed by atoms with Crippen molar-refractivity contribution in [2.45, 2.75) is 52.1 Å². The standard InChI is InChI=1S/C24H33NO7/c1-23(2,3)32-22(28)25-9-7-15(8-10-25)13-24(21(27)31-6)14-16-11-18(29-4)19(30-5)12-17(16)20(24)26/h11-12,15H,7-10,13-14H2,1-6H3/t24-/m1/s1. The van der Waals surface area contributed by atoms with E-state index < -0.39 is 17.0 Å². The summed E-state index contributed by atoms with van der Waals surface area (Å²) in [5, 5.41) is 0. The fraction of sp³-hybridized carbons (Fsp3) is 0.625. The Hall–Kier alpha value is -2.77. The second kappa shape index (κ2) is 9.00. The third-order valence-corrected chi connectivity index (χ3v) is 6.26. The summed E-state index contributed by atoms with van der Waals surface area (Å²) < 4.78 is 21.3. The minimum atomic E-state index is -1.27. The third-order valence-electron chi connectivity index (χ3n) is 6.26. The van der Waals surface area contributed by atoms with Gasteiger partial charge >= 0.3 is 12.1 Å². The van der Waals surface area contributed by atoms with Crippen molar-refractivity contribution in [2.24, 2.45) is 11.3 Å². The van der Waals surface area contributed by atoms with Crippen LogP contribution >= 0.6 is 0 Å². The number of nitrogens with zero attached hydrogens (tertiary/aromatic N) is 1. The maximum atomic E-state index is 13.5. The minimum Gasteiger partial charge on any atom is -0.493 e. The Labute approximate surface area is 189 Å². The topological polar surface area (TPSA) is 91.4 Å². The molecule has 0 radical (unpaired) electrons. The van der Waals surface area contributed by atoms with E-state index in [9.17, 15) is 14.4 Å². The lowest BCUT2D eigenvalue weighted by Gasteiger charge is -2.36. The van der Waals surface area contributed by atoms with E-state index in [1.54, 1.807) is 17.0 Å². The molecule has 3 rings (SSSR count). The molecular formula is C24H33NO7. The van der Waals surface area contributed by atoms with Gasteiger partial charge in [0.1, 0.15) is 11.0 Å². The van der Waals surface area contributed by atoms with Crippen molar-refractivity contribution in [1.82, 2.24) is 4.90 Å². The van der Waals surface area contributed by atoms with Gasteiger partial charge in [-0.2, -0.15) is 0 Å². The van der Waals surface area contributed by atoms with E-state index in [0.29, 0.717) is 49.4 Å². The van der Waals surface area contributed by atoms with Crippen LogP contribution in [0.4, 0.5) is 4.79 Å². The molecule has 0 bridgehead atoms. The Bertz CT molecular complexity index is 896. The number of ether oxygens (including phenoxy) is 4. The molecule has 1 aliphatic heterocycles. The summed E-state index contributed by atoms with van der Waals surface area (Å²) in [4.78, 5) is 40.5. The molecule has 1 heterocycles. The second-order valence-corrected chi connectivity index (χ2v) is 9.56. The first kappa shape index (κ1) is 23.9. The summed E-state index contributed by atoms with van der Waals surface area (Å²) in [6.45, 7) is 6.57. The van der Waals surface area contributed by atoms with Crippen LogP contribution in [0.15, 0.2) is 12.1 Å². The number of likely N-dealkylation sites (tertiary alicyclic amines) is 1. The molecule has 1 aliphatic carbocycles. The molecule has 1 aromatic rings. The van der Waals surface area contributed by atoms with Crippen LogP contribution in [-0.2, 0) is 20.7 Å². The number of rotatable bonds is 5. The van der Waals surface area contributed by atoms with Gasteiger partial charge in [0.25, 0.3) is 0 Å². The first-order valence-corrected chi connectivity index (χ1v) is 10.9. The first-order valence-electron chi connectivity index (χ1n) is 10.9. The number of Topliss-reactive ketones (excluding diaryl/α,β-unsaturated/α-hetero) is 1. The Balaban J connectivity index is 1.78. The van der Waals surface area contributed by atoms with Crippen LogP contribution in [0.25, 0.3) is 0 Å². The number of esters is 1. The summed E-state index contributed by atoms with van der Waals surface area (Å²) in [5.41, 5.74) is -0.594. The molecule has 0 spiro atoms. The molecule has 1 fully saturated rings. The highest BCUT2D eigenvalue weighted by Gasteiger charge is 2.54. The predicted octanol–water partition coefficient (Wildman–Crippen LogP) is 3.64. The van der Waals surface area contributed by atoms with E-state index in [-0.39, 0.29) is 24.2 Å². The van der Waals surface area contributed by atoms with Gasteiger partial charge in [-0.25, -0.2) is 4.79 Å². The van der Waals surface area contributed by atoms with E-state index in [4.69, 9.17) is 18.9 Å². The van der Waals surface area contributed by atoms with Crippen LogP contribution in [0.1, 0.15) is 56.0 Å². The molecule has 1 atom stereocenters. The lowest BCUT2D eigenvalue weighted by molar-refractivity contribution is -0.150. The number of amides is 1. The van der Waals surface area contributed by atoms with Crippen LogP contribution in [0, 0.1) is 11.3 Å². The van der Waals surface area contributed by atoms with Crippen molar-refractivity contribution in [3.8, 4) is 11.5 Å². The molecule has 32 heavy (non-hydrogen) atoms. The van der Waals surface area contributed by atoms with Crippen molar-refractivity contribution >= 4 is 17.8 Å². The molecule has 0 unspecified atom stereocenters. The number of carbonyl (C=O) groups excluding carboxylic acids is 3. The van der Waals surface area contributed by atoms with Gasteiger partial charge < -0.3 is 23.8 Å². The van der Waals surface area contributed by atoms with Crippen molar-refractivity contribution < 1.29 is 33.3 Å². The summed E-state index contributed by atoms with van der Waals surface area (Å²) in [6, 6.07) is 3.41. The molecule has 0 saturated carbocycles. The van der Waals surface area contributed by atoms with Gasteiger partial charge in [-0.3, -0.25) is 9.59 Å². The Morgan fingerprint density at radius 3 is 2.19 bits per heavy atom. The van der Waals surface area contributed by atoms with Gasteiger partial charge in [0.2, 0.25) is 0 Å². The van der Waals surface area contributed by atoms with Crippen LogP contribution < -0.4 is 9.47 Å². The number of carbonyl (C=O) groups is 3. The van der Waals surface area contributed by atoms with Crippen molar-refractivity contribution in [1.29, 1.82) is 0 Å². The zero-order valence-corrected chi connectivity index (χ0v) is 19.8. The van der Waals surface area contributed by atoms with Gasteiger partial charge in [0, 0.05) is 18.7 Å². The summed E-state index contributed by atoms with van der Waals surface area (Å²) in [6.07, 6.45) is 1.69. The van der Waals surface area contributed by atoms with Crippen LogP contribution in [0.5, 0.6) is 11.5 Å². The summed E-state index contributed by atoms with van der Waals surface area (Å²) in [7, 11) is 4.36. The smallest absolute Gasteiger partial charge is 0.410 e. The van der Waals surface area contributed by atoms with Crippen LogP contribution in [0.3, 0.4) is 0 Å². The summed E-state index contributed by atoms with van der Waals surface area (Å²) >= 11 is 0. The Kier molecular flexibility index (Phi) is 6.72. The van der Waals surface area contributed by atoms with Crippen LogP contribution in [0.2, 0.25) is 0 Å². The first-order chi connectivity index (χ1) is 15.0. The number of ketones is 1. The highest BCUT2D eigenvalue weighted by atomic mass is 16.6. The highest BCUT2D eigenvalue weighted by molar-refractivity contribution is 6.16. The van der Waals surface area contributed by atoms with Gasteiger partial charge in [-0.05, 0) is 70.1 Å². The molecule has 2 aliphatic rings. The van der Waals surface area contributed by atoms with E-state index >= 15 is 0 Å². The largest absolute Gasteiger partial charge is 0.493 e. The molecule has 176 valence electrons. The molecule has 0 aromatic heterocycles. The average Bonchev–Trinajstić information content (AvgIpc) is 3.03. The van der Waals surface area contributed by atoms with Crippen molar-refractivity contribution in [2.75, 3.05) is 34.4 Å². The van der Waals surface area contributed by atoms with E-state index in [0.717, 1.165) is 5.56 Å². The number of methoxy groups -OCH3 is 3. The lowest BCUT2D eigenvalue weighted by atomic mass is 9.73. The summed E-state index contributed by atoms with van der Waals surface area (Å²) in [5.74, 6) is 0.312. The zero-order valence-electron chi connectivity index (χ0n) is 19.8. The number of piperidine rings is 1. The zero-order chi connectivity index (χ0) is 23.7. The van der Waals surface area contributed by atoms with Gasteiger partial charge in [-0.1, -0.05) is 0 Å². The Morgan fingerprint density at radius 1 is 1.06 bits per heavy atom. The molecular weight excluding hydrogens is 414 g/mol. The normalized spacial score (nSPS) is 21.2. The van der Waals surface area contributed by atoms with Crippen molar-refractivity contribution in [3.05, 3.63) is 23.3 Å². The van der Waals surface area contributed by atoms with Gasteiger partial charge in [-0.15, -0.1) is 0 Å². The van der Waals surface area contributed by atoms with Gasteiger partial charge in [0.05, 0.1) is 21.3 Å². The average molecular weight is 448 g/mol. The van der Waals surface area contributed by atoms with Crippen LogP contribution in [-0.4, -0.2) is 62.8 Å². The Morgan fingerprint density at radius 2 is 1.66 bits per heavy atom. The maximum absolute atomic E-state index is 13.5. The highest BCUT2D eigenvalue weighted by Crippen LogP contribution is 2.47. The molecule has 0 N–H and O–H groups in total. The lowest BCUT2D eigenvalue weighted by Crippen LogP contribution is -2.45.